The monoisotopic (exact) mass is 506 g/mol. The van der Waals surface area contributed by atoms with Crippen molar-refractivity contribution in [2.45, 2.75) is 4.90 Å². The summed E-state index contributed by atoms with van der Waals surface area (Å²) >= 11 is 14.3. The summed E-state index contributed by atoms with van der Waals surface area (Å²) in [7, 11) is 0. The molecular formula is C21H13Br2ClOS. The molecule has 0 heterocycles. The Hall–Kier alpha value is -1.33. The number of benzene rings is 3. The maximum absolute atomic E-state index is 13.0. The predicted molar refractivity (Wildman–Crippen MR) is 118 cm³/mol. The van der Waals surface area contributed by atoms with Crippen molar-refractivity contribution in [2.24, 2.45) is 0 Å². The van der Waals surface area contributed by atoms with E-state index in [-0.39, 0.29) is 5.78 Å². The first-order valence-electron chi connectivity index (χ1n) is 7.72. The minimum atomic E-state index is -0.0301. The summed E-state index contributed by atoms with van der Waals surface area (Å²) in [6.45, 7) is 0. The van der Waals surface area contributed by atoms with Crippen molar-refractivity contribution in [3.8, 4) is 0 Å². The molecule has 3 aromatic carbocycles. The van der Waals surface area contributed by atoms with Gasteiger partial charge in [-0.1, -0.05) is 67.4 Å². The number of Topliss-reactive ketones (excluding diaryl/α,β-unsaturated/α-hetero) is 1. The minimum Gasteiger partial charge on any atom is -0.288 e. The van der Waals surface area contributed by atoms with Crippen LogP contribution in [0, 0.1) is 0 Å². The van der Waals surface area contributed by atoms with Gasteiger partial charge in [0.15, 0.2) is 5.78 Å². The van der Waals surface area contributed by atoms with Gasteiger partial charge < -0.3 is 0 Å². The van der Waals surface area contributed by atoms with Gasteiger partial charge in [0.05, 0.1) is 4.91 Å². The number of allylic oxidation sites excluding steroid dienone is 1. The van der Waals surface area contributed by atoms with Crippen LogP contribution in [0.2, 0.25) is 5.02 Å². The van der Waals surface area contributed by atoms with Crippen LogP contribution in [-0.2, 0) is 0 Å². The molecule has 130 valence electrons. The number of rotatable bonds is 5. The molecule has 0 radical (unpaired) electrons. The van der Waals surface area contributed by atoms with Crippen LogP contribution >= 0.6 is 55.2 Å². The van der Waals surface area contributed by atoms with Gasteiger partial charge in [0, 0.05) is 24.4 Å². The highest BCUT2D eigenvalue weighted by molar-refractivity contribution is 9.10. The van der Waals surface area contributed by atoms with Gasteiger partial charge in [-0.15, -0.1) is 0 Å². The van der Waals surface area contributed by atoms with E-state index in [2.05, 4.69) is 31.9 Å². The van der Waals surface area contributed by atoms with Crippen molar-refractivity contribution in [2.75, 3.05) is 0 Å². The SMILES string of the molecule is O=C(/C(=C\c1ccc(Br)cc1)Sc1ccc(Br)cc1)c1ccc(Cl)cc1. The van der Waals surface area contributed by atoms with Crippen LogP contribution in [0.15, 0.2) is 91.5 Å². The van der Waals surface area contributed by atoms with E-state index in [1.54, 1.807) is 24.3 Å². The molecule has 3 rings (SSSR count). The molecule has 0 saturated carbocycles. The quantitative estimate of drug-likeness (QED) is 0.198. The van der Waals surface area contributed by atoms with Crippen LogP contribution in [0.25, 0.3) is 6.08 Å². The fourth-order valence-corrected chi connectivity index (χ4v) is 3.81. The first-order chi connectivity index (χ1) is 12.5. The molecule has 0 unspecified atom stereocenters. The topological polar surface area (TPSA) is 17.1 Å². The molecule has 0 aliphatic rings. The third-order valence-corrected chi connectivity index (χ3v) is 5.88. The van der Waals surface area contributed by atoms with Crippen LogP contribution < -0.4 is 0 Å². The van der Waals surface area contributed by atoms with Gasteiger partial charge in [0.25, 0.3) is 0 Å². The van der Waals surface area contributed by atoms with E-state index in [4.69, 9.17) is 11.6 Å². The lowest BCUT2D eigenvalue weighted by Gasteiger charge is -2.08. The Kier molecular flexibility index (Phi) is 6.76. The summed E-state index contributed by atoms with van der Waals surface area (Å²) in [6, 6.07) is 22.7. The van der Waals surface area contributed by atoms with E-state index in [0.29, 0.717) is 15.5 Å². The van der Waals surface area contributed by atoms with Gasteiger partial charge in [-0.2, -0.15) is 0 Å². The lowest BCUT2D eigenvalue weighted by Crippen LogP contribution is -2.00. The highest BCUT2D eigenvalue weighted by atomic mass is 79.9. The number of hydrogen-bond donors (Lipinski definition) is 0. The Morgan fingerprint density at radius 1 is 0.808 bits per heavy atom. The fourth-order valence-electron chi connectivity index (χ4n) is 2.22. The Bertz CT molecular complexity index is 933. The van der Waals surface area contributed by atoms with Crippen LogP contribution in [0.5, 0.6) is 0 Å². The molecule has 1 nitrogen and oxygen atoms in total. The average molecular weight is 509 g/mol. The molecule has 0 N–H and O–H groups in total. The Balaban J connectivity index is 1.97. The van der Waals surface area contributed by atoms with Crippen LogP contribution in [0.3, 0.4) is 0 Å². The zero-order valence-electron chi connectivity index (χ0n) is 13.5. The molecule has 26 heavy (non-hydrogen) atoms. The second-order valence-electron chi connectivity index (χ2n) is 5.45. The average Bonchev–Trinajstić information content (AvgIpc) is 2.65. The molecule has 3 aromatic rings. The van der Waals surface area contributed by atoms with Crippen LogP contribution in [0.4, 0.5) is 0 Å². The molecule has 0 aliphatic heterocycles. The van der Waals surface area contributed by atoms with Gasteiger partial charge in [0.2, 0.25) is 0 Å². The summed E-state index contributed by atoms with van der Waals surface area (Å²) < 4.78 is 2.00. The fraction of sp³-hybridized carbons (Fsp3) is 0. The second kappa shape index (κ2) is 9.05. The Morgan fingerprint density at radius 2 is 1.35 bits per heavy atom. The summed E-state index contributed by atoms with van der Waals surface area (Å²) in [6.07, 6.45) is 1.91. The van der Waals surface area contributed by atoms with Gasteiger partial charge in [-0.3, -0.25) is 4.79 Å². The van der Waals surface area contributed by atoms with E-state index in [9.17, 15) is 4.79 Å². The molecule has 5 heteroatoms. The van der Waals surface area contributed by atoms with Crippen molar-refractivity contribution in [3.63, 3.8) is 0 Å². The smallest absolute Gasteiger partial charge is 0.199 e. The molecular weight excluding hydrogens is 496 g/mol. The first kappa shape index (κ1) is 19.4. The molecule has 0 atom stereocenters. The van der Waals surface area contributed by atoms with Crippen molar-refractivity contribution < 1.29 is 4.79 Å². The molecule has 0 aromatic heterocycles. The van der Waals surface area contributed by atoms with Gasteiger partial charge >= 0.3 is 0 Å². The van der Waals surface area contributed by atoms with E-state index in [0.717, 1.165) is 19.4 Å². The molecule has 0 fully saturated rings. The highest BCUT2D eigenvalue weighted by Gasteiger charge is 2.14. The number of hydrogen-bond acceptors (Lipinski definition) is 2. The lowest BCUT2D eigenvalue weighted by molar-refractivity contribution is 0.104. The van der Waals surface area contributed by atoms with Gasteiger partial charge in [-0.25, -0.2) is 0 Å². The van der Waals surface area contributed by atoms with Crippen molar-refractivity contribution in [1.29, 1.82) is 0 Å². The van der Waals surface area contributed by atoms with Crippen molar-refractivity contribution in [3.05, 3.63) is 103 Å². The molecule has 0 saturated heterocycles. The van der Waals surface area contributed by atoms with Gasteiger partial charge in [0.1, 0.15) is 0 Å². The summed E-state index contributed by atoms with van der Waals surface area (Å²) in [5.74, 6) is -0.0301. The van der Waals surface area contributed by atoms with Gasteiger partial charge in [-0.05, 0) is 72.3 Å². The summed E-state index contributed by atoms with van der Waals surface area (Å²) in [5, 5.41) is 0.612. The zero-order chi connectivity index (χ0) is 18.5. The number of ketones is 1. The number of carbonyl (C=O) groups excluding carboxylic acids is 1. The Labute approximate surface area is 178 Å². The molecule has 0 aliphatic carbocycles. The normalized spacial score (nSPS) is 11.4. The predicted octanol–water partition coefficient (Wildman–Crippen LogP) is 7.88. The van der Waals surface area contributed by atoms with Crippen molar-refractivity contribution in [1.82, 2.24) is 0 Å². The summed E-state index contributed by atoms with van der Waals surface area (Å²) in [5.41, 5.74) is 1.58. The van der Waals surface area contributed by atoms with E-state index in [1.165, 1.54) is 11.8 Å². The number of halogens is 3. The zero-order valence-corrected chi connectivity index (χ0v) is 18.2. The number of carbonyl (C=O) groups is 1. The third kappa shape index (κ3) is 5.34. The van der Waals surface area contributed by atoms with Crippen LogP contribution in [-0.4, -0.2) is 5.78 Å². The van der Waals surface area contributed by atoms with E-state index >= 15 is 0 Å². The van der Waals surface area contributed by atoms with E-state index < -0.39 is 0 Å². The second-order valence-corrected chi connectivity index (χ2v) is 8.84. The minimum absolute atomic E-state index is 0.0301. The maximum Gasteiger partial charge on any atom is 0.199 e. The highest BCUT2D eigenvalue weighted by Crippen LogP contribution is 2.32. The Morgan fingerprint density at radius 3 is 1.92 bits per heavy atom. The number of thioether (sulfide) groups is 1. The molecule has 0 amide bonds. The largest absolute Gasteiger partial charge is 0.288 e. The molecule has 0 spiro atoms. The first-order valence-corrected chi connectivity index (χ1v) is 10.5. The summed E-state index contributed by atoms with van der Waals surface area (Å²) in [4.78, 5) is 14.7. The standard InChI is InChI=1S/C21H13Br2ClOS/c22-16-5-1-14(2-6-16)13-20(26-19-11-7-17(23)8-12-19)21(25)15-3-9-18(24)10-4-15/h1-13H/b20-13+. The molecule has 0 bridgehead atoms. The third-order valence-electron chi connectivity index (χ3n) is 3.54. The van der Waals surface area contributed by atoms with Crippen LogP contribution in [0.1, 0.15) is 15.9 Å². The lowest BCUT2D eigenvalue weighted by atomic mass is 10.1. The van der Waals surface area contributed by atoms with Crippen molar-refractivity contribution >= 4 is 67.1 Å². The maximum atomic E-state index is 13.0. The van der Waals surface area contributed by atoms with E-state index in [1.807, 2.05) is 54.6 Å².